The SMILES string of the molecule is Cc1ccc(C)n1-c1ccc(NC(=O)c2ccc([N+](=O)[O-])cc2)cc1. The van der Waals surface area contributed by atoms with Crippen LogP contribution < -0.4 is 5.32 Å². The Labute approximate surface area is 144 Å². The molecule has 0 atom stereocenters. The van der Waals surface area contributed by atoms with E-state index in [0.29, 0.717) is 11.3 Å². The maximum absolute atomic E-state index is 12.2. The van der Waals surface area contributed by atoms with Crippen LogP contribution in [0, 0.1) is 24.0 Å². The predicted molar refractivity (Wildman–Crippen MR) is 96.3 cm³/mol. The van der Waals surface area contributed by atoms with Gasteiger partial charge in [0.25, 0.3) is 11.6 Å². The molecule has 0 radical (unpaired) electrons. The molecule has 3 aromatic rings. The van der Waals surface area contributed by atoms with Crippen LogP contribution in [-0.2, 0) is 0 Å². The summed E-state index contributed by atoms with van der Waals surface area (Å²) in [5.41, 5.74) is 4.29. The predicted octanol–water partition coefficient (Wildman–Crippen LogP) is 4.25. The zero-order valence-corrected chi connectivity index (χ0v) is 13.9. The number of nitro benzene ring substituents is 1. The lowest BCUT2D eigenvalue weighted by Crippen LogP contribution is -2.11. The number of anilines is 1. The van der Waals surface area contributed by atoms with E-state index in [4.69, 9.17) is 0 Å². The molecule has 0 saturated carbocycles. The molecule has 0 saturated heterocycles. The largest absolute Gasteiger partial charge is 0.322 e. The van der Waals surface area contributed by atoms with Crippen molar-refractivity contribution in [3.63, 3.8) is 0 Å². The summed E-state index contributed by atoms with van der Waals surface area (Å²) >= 11 is 0. The van der Waals surface area contributed by atoms with Crippen molar-refractivity contribution >= 4 is 17.3 Å². The number of non-ortho nitro benzene ring substituents is 1. The lowest BCUT2D eigenvalue weighted by Gasteiger charge is -2.11. The minimum Gasteiger partial charge on any atom is -0.322 e. The number of hydrogen-bond donors (Lipinski definition) is 1. The number of hydrogen-bond acceptors (Lipinski definition) is 3. The first-order valence-electron chi connectivity index (χ1n) is 7.77. The zero-order chi connectivity index (χ0) is 18.0. The molecule has 6 nitrogen and oxygen atoms in total. The van der Waals surface area contributed by atoms with E-state index in [0.717, 1.165) is 17.1 Å². The smallest absolute Gasteiger partial charge is 0.269 e. The summed E-state index contributed by atoms with van der Waals surface area (Å²) in [5.74, 6) is -0.309. The summed E-state index contributed by atoms with van der Waals surface area (Å²) in [6.07, 6.45) is 0. The van der Waals surface area contributed by atoms with E-state index in [1.807, 2.05) is 38.1 Å². The monoisotopic (exact) mass is 335 g/mol. The fraction of sp³-hybridized carbons (Fsp3) is 0.105. The maximum atomic E-state index is 12.2. The molecule has 1 N–H and O–H groups in total. The summed E-state index contributed by atoms with van der Waals surface area (Å²) in [6.45, 7) is 4.08. The summed E-state index contributed by atoms with van der Waals surface area (Å²) in [6, 6.07) is 17.2. The van der Waals surface area contributed by atoms with Gasteiger partial charge in [-0.15, -0.1) is 0 Å². The summed E-state index contributed by atoms with van der Waals surface area (Å²) in [7, 11) is 0. The number of carbonyl (C=O) groups is 1. The van der Waals surface area contributed by atoms with E-state index in [1.54, 1.807) is 0 Å². The van der Waals surface area contributed by atoms with Crippen molar-refractivity contribution in [2.24, 2.45) is 0 Å². The van der Waals surface area contributed by atoms with Crippen molar-refractivity contribution in [3.8, 4) is 5.69 Å². The molecule has 0 unspecified atom stereocenters. The van der Waals surface area contributed by atoms with Crippen molar-refractivity contribution in [1.29, 1.82) is 0 Å². The molecule has 25 heavy (non-hydrogen) atoms. The van der Waals surface area contributed by atoms with Crippen LogP contribution in [0.5, 0.6) is 0 Å². The maximum Gasteiger partial charge on any atom is 0.269 e. The Hall–Kier alpha value is -3.41. The van der Waals surface area contributed by atoms with Gasteiger partial charge in [-0.2, -0.15) is 0 Å². The Morgan fingerprint density at radius 1 is 0.920 bits per heavy atom. The van der Waals surface area contributed by atoms with E-state index in [2.05, 4.69) is 22.0 Å². The molecular weight excluding hydrogens is 318 g/mol. The molecule has 0 aliphatic carbocycles. The second-order valence-electron chi connectivity index (χ2n) is 5.76. The molecule has 2 aromatic carbocycles. The second kappa shape index (κ2) is 6.60. The summed E-state index contributed by atoms with van der Waals surface area (Å²) in [4.78, 5) is 22.4. The minimum atomic E-state index is -0.494. The highest BCUT2D eigenvalue weighted by Gasteiger charge is 2.10. The number of carbonyl (C=O) groups excluding carboxylic acids is 1. The summed E-state index contributed by atoms with van der Waals surface area (Å²) < 4.78 is 2.13. The molecular formula is C19H17N3O3. The van der Waals surface area contributed by atoms with Crippen LogP contribution in [0.3, 0.4) is 0 Å². The number of rotatable bonds is 4. The topological polar surface area (TPSA) is 77.2 Å². The first-order valence-corrected chi connectivity index (χ1v) is 7.77. The molecule has 0 aliphatic heterocycles. The molecule has 0 spiro atoms. The number of amides is 1. The fourth-order valence-corrected chi connectivity index (χ4v) is 2.71. The van der Waals surface area contributed by atoms with Gasteiger partial charge in [-0.05, 0) is 62.4 Å². The Bertz CT molecular complexity index is 906. The van der Waals surface area contributed by atoms with Crippen molar-refractivity contribution in [3.05, 3.63) is 87.7 Å². The number of nitro groups is 1. The Kier molecular flexibility index (Phi) is 4.35. The minimum absolute atomic E-state index is 0.0432. The third kappa shape index (κ3) is 3.42. The van der Waals surface area contributed by atoms with E-state index < -0.39 is 4.92 Å². The Morgan fingerprint density at radius 2 is 1.48 bits per heavy atom. The Balaban J connectivity index is 1.75. The number of aromatic nitrogens is 1. The molecule has 6 heteroatoms. The first kappa shape index (κ1) is 16.4. The molecule has 1 amide bonds. The third-order valence-corrected chi connectivity index (χ3v) is 3.99. The van der Waals surface area contributed by atoms with Gasteiger partial charge >= 0.3 is 0 Å². The summed E-state index contributed by atoms with van der Waals surface area (Å²) in [5, 5.41) is 13.4. The van der Waals surface area contributed by atoms with Gasteiger partial charge in [-0.25, -0.2) is 0 Å². The molecule has 3 rings (SSSR count). The highest BCUT2D eigenvalue weighted by molar-refractivity contribution is 6.04. The molecule has 0 fully saturated rings. The Morgan fingerprint density at radius 3 is 2.00 bits per heavy atom. The van der Waals surface area contributed by atoms with Crippen molar-refractivity contribution in [2.45, 2.75) is 13.8 Å². The highest BCUT2D eigenvalue weighted by Crippen LogP contribution is 2.19. The molecule has 0 aliphatic rings. The van der Waals surface area contributed by atoms with Gasteiger partial charge < -0.3 is 9.88 Å². The van der Waals surface area contributed by atoms with E-state index in [9.17, 15) is 14.9 Å². The van der Waals surface area contributed by atoms with Crippen LogP contribution in [0.1, 0.15) is 21.7 Å². The lowest BCUT2D eigenvalue weighted by atomic mass is 10.2. The van der Waals surface area contributed by atoms with E-state index >= 15 is 0 Å². The highest BCUT2D eigenvalue weighted by atomic mass is 16.6. The van der Waals surface area contributed by atoms with Crippen LogP contribution in [0.15, 0.2) is 60.7 Å². The number of benzene rings is 2. The van der Waals surface area contributed by atoms with Crippen LogP contribution in [0.4, 0.5) is 11.4 Å². The zero-order valence-electron chi connectivity index (χ0n) is 13.9. The molecule has 1 heterocycles. The van der Waals surface area contributed by atoms with Gasteiger partial charge in [-0.1, -0.05) is 0 Å². The van der Waals surface area contributed by atoms with Gasteiger partial charge in [0.15, 0.2) is 0 Å². The number of nitrogens with zero attached hydrogens (tertiary/aromatic N) is 2. The van der Waals surface area contributed by atoms with Crippen molar-refractivity contribution < 1.29 is 9.72 Å². The standard InChI is InChI=1S/C19H17N3O3/c1-13-3-4-14(2)21(13)17-11-7-16(8-12-17)20-19(23)15-5-9-18(10-6-15)22(24)25/h3-12H,1-2H3,(H,20,23). The van der Waals surface area contributed by atoms with Crippen LogP contribution in [0.2, 0.25) is 0 Å². The van der Waals surface area contributed by atoms with Gasteiger partial charge in [0.05, 0.1) is 4.92 Å². The van der Waals surface area contributed by atoms with Gasteiger partial charge in [-0.3, -0.25) is 14.9 Å². The average Bonchev–Trinajstić information content (AvgIpc) is 2.94. The molecule has 126 valence electrons. The second-order valence-corrected chi connectivity index (χ2v) is 5.76. The van der Waals surface area contributed by atoms with Crippen molar-refractivity contribution in [1.82, 2.24) is 4.57 Å². The number of aryl methyl sites for hydroxylation is 2. The van der Waals surface area contributed by atoms with Crippen LogP contribution >= 0.6 is 0 Å². The van der Waals surface area contributed by atoms with Gasteiger partial charge in [0, 0.05) is 40.5 Å². The quantitative estimate of drug-likeness (QED) is 0.572. The van der Waals surface area contributed by atoms with Gasteiger partial charge in [0.2, 0.25) is 0 Å². The normalized spacial score (nSPS) is 10.5. The van der Waals surface area contributed by atoms with E-state index in [-0.39, 0.29) is 11.6 Å². The van der Waals surface area contributed by atoms with E-state index in [1.165, 1.54) is 24.3 Å². The van der Waals surface area contributed by atoms with Crippen LogP contribution in [-0.4, -0.2) is 15.4 Å². The number of nitrogens with one attached hydrogen (secondary N) is 1. The van der Waals surface area contributed by atoms with Gasteiger partial charge in [0.1, 0.15) is 0 Å². The third-order valence-electron chi connectivity index (χ3n) is 3.99. The van der Waals surface area contributed by atoms with Crippen molar-refractivity contribution in [2.75, 3.05) is 5.32 Å². The fourth-order valence-electron chi connectivity index (χ4n) is 2.71. The molecule has 0 bridgehead atoms. The van der Waals surface area contributed by atoms with Crippen LogP contribution in [0.25, 0.3) is 5.69 Å². The first-order chi connectivity index (χ1) is 12.0. The average molecular weight is 335 g/mol. The molecule has 1 aromatic heterocycles. The lowest BCUT2D eigenvalue weighted by molar-refractivity contribution is -0.384.